The van der Waals surface area contributed by atoms with E-state index in [9.17, 15) is 4.79 Å². The number of carbonyl (C=O) groups is 1. The molecule has 0 rings (SSSR count). The summed E-state index contributed by atoms with van der Waals surface area (Å²) in [6.45, 7) is 7.31. The van der Waals surface area contributed by atoms with Crippen molar-refractivity contribution >= 4 is 23.3 Å². The highest BCUT2D eigenvalue weighted by Crippen LogP contribution is 2.10. The second kappa shape index (κ2) is 5.10. The Morgan fingerprint density at radius 3 is 2.46 bits per heavy atom. The van der Waals surface area contributed by atoms with Crippen LogP contribution in [-0.2, 0) is 9.53 Å². The monoisotopic (exact) mass is 201 g/mol. The molecule has 0 N–H and O–H groups in total. The average Bonchev–Trinajstić information content (AvgIpc) is 1.96. The van der Waals surface area contributed by atoms with E-state index in [0.717, 1.165) is 0 Å². The molecule has 0 spiro atoms. The summed E-state index contributed by atoms with van der Waals surface area (Å²) < 4.78 is 5.12. The predicted octanol–water partition coefficient (Wildman–Crippen LogP) is 2.21. The Bertz CT molecular complexity index is 226. The fourth-order valence-corrected chi connectivity index (χ4v) is 0.871. The fraction of sp³-hybridized carbons (Fsp3) is 0.778. The summed E-state index contributed by atoms with van der Waals surface area (Å²) in [4.78, 5) is 15.1. The van der Waals surface area contributed by atoms with Crippen LogP contribution < -0.4 is 0 Å². The number of thiocarbonyl (C=S) groups is 1. The van der Waals surface area contributed by atoms with Gasteiger partial charge in [0.2, 0.25) is 0 Å². The molecule has 0 saturated heterocycles. The summed E-state index contributed by atoms with van der Waals surface area (Å²) in [5.74, 6) is -0.340. The molecule has 0 amide bonds. The Labute approximate surface area is 84.2 Å². The molecule has 0 saturated carbocycles. The zero-order valence-electron chi connectivity index (χ0n) is 8.46. The van der Waals surface area contributed by atoms with Crippen molar-refractivity contribution in [2.24, 2.45) is 4.99 Å². The standard InChI is InChI=1S/C9H15NO2S/c1-5-7(10-6-13)8(11)12-9(2,3)4/h7H,5H2,1-4H3/t7-/m0/s1. The lowest BCUT2D eigenvalue weighted by atomic mass is 10.2. The Kier molecular flexibility index (Phi) is 4.81. The smallest absolute Gasteiger partial charge is 0.332 e. The van der Waals surface area contributed by atoms with Gasteiger partial charge in [-0.1, -0.05) is 6.92 Å². The number of esters is 1. The summed E-state index contributed by atoms with van der Waals surface area (Å²) in [6, 6.07) is -0.503. The molecule has 0 bridgehead atoms. The first-order valence-corrected chi connectivity index (χ1v) is 4.61. The molecule has 3 nitrogen and oxygen atoms in total. The van der Waals surface area contributed by atoms with Gasteiger partial charge in [0.15, 0.2) is 6.04 Å². The molecule has 0 aromatic rings. The third-order valence-electron chi connectivity index (χ3n) is 1.27. The molecule has 13 heavy (non-hydrogen) atoms. The first-order chi connectivity index (χ1) is 5.90. The molecule has 0 unspecified atom stereocenters. The summed E-state index contributed by atoms with van der Waals surface area (Å²) in [5.41, 5.74) is -0.471. The van der Waals surface area contributed by atoms with Gasteiger partial charge >= 0.3 is 5.97 Å². The topological polar surface area (TPSA) is 38.7 Å². The first kappa shape index (κ1) is 12.3. The first-order valence-electron chi connectivity index (χ1n) is 4.20. The highest BCUT2D eigenvalue weighted by molar-refractivity contribution is 7.78. The summed E-state index contributed by atoms with van der Waals surface area (Å²) in [7, 11) is 0. The maximum absolute atomic E-state index is 11.4. The lowest BCUT2D eigenvalue weighted by Crippen LogP contribution is -2.30. The van der Waals surface area contributed by atoms with E-state index in [1.807, 2.05) is 27.7 Å². The van der Waals surface area contributed by atoms with E-state index < -0.39 is 11.6 Å². The lowest BCUT2D eigenvalue weighted by Gasteiger charge is -2.21. The van der Waals surface area contributed by atoms with Crippen LogP contribution in [0.15, 0.2) is 4.99 Å². The number of aliphatic imine (C=N–C) groups is 1. The predicted molar refractivity (Wildman–Crippen MR) is 55.0 cm³/mol. The Hall–Kier alpha value is -0.730. The zero-order chi connectivity index (χ0) is 10.5. The van der Waals surface area contributed by atoms with E-state index in [2.05, 4.69) is 22.4 Å². The van der Waals surface area contributed by atoms with Crippen LogP contribution in [0.4, 0.5) is 0 Å². The van der Waals surface area contributed by atoms with E-state index >= 15 is 0 Å². The van der Waals surface area contributed by atoms with Crippen molar-refractivity contribution in [1.82, 2.24) is 0 Å². The Morgan fingerprint density at radius 1 is 1.62 bits per heavy atom. The number of hydrogen-bond donors (Lipinski definition) is 0. The van der Waals surface area contributed by atoms with Crippen molar-refractivity contribution in [3.05, 3.63) is 0 Å². The van der Waals surface area contributed by atoms with E-state index in [4.69, 9.17) is 4.74 Å². The van der Waals surface area contributed by atoms with Crippen molar-refractivity contribution in [2.45, 2.75) is 45.8 Å². The second-order valence-corrected chi connectivity index (χ2v) is 3.86. The van der Waals surface area contributed by atoms with Crippen LogP contribution in [0.2, 0.25) is 0 Å². The van der Waals surface area contributed by atoms with Gasteiger partial charge in [-0.2, -0.15) is 0 Å². The van der Waals surface area contributed by atoms with Crippen LogP contribution in [0.3, 0.4) is 0 Å². The Balaban J connectivity index is 4.31. The maximum atomic E-state index is 11.4. The number of hydrogen-bond acceptors (Lipinski definition) is 4. The number of carbonyl (C=O) groups excluding carboxylic acids is 1. The van der Waals surface area contributed by atoms with Crippen LogP contribution in [0.1, 0.15) is 34.1 Å². The van der Waals surface area contributed by atoms with Crippen molar-refractivity contribution < 1.29 is 9.53 Å². The molecular weight excluding hydrogens is 186 g/mol. The molecule has 74 valence electrons. The Morgan fingerprint density at radius 2 is 2.15 bits per heavy atom. The van der Waals surface area contributed by atoms with Gasteiger partial charge in [0.05, 0.1) is 5.16 Å². The van der Waals surface area contributed by atoms with Gasteiger partial charge in [-0.15, -0.1) is 0 Å². The molecule has 0 aliphatic carbocycles. The molecule has 0 aromatic heterocycles. The van der Waals surface area contributed by atoms with Gasteiger partial charge in [-0.3, -0.25) is 0 Å². The summed E-state index contributed by atoms with van der Waals surface area (Å²) in [6.07, 6.45) is 0.582. The third kappa shape index (κ3) is 5.50. The number of rotatable bonds is 3. The highest BCUT2D eigenvalue weighted by atomic mass is 32.1. The van der Waals surface area contributed by atoms with Crippen molar-refractivity contribution in [2.75, 3.05) is 0 Å². The van der Waals surface area contributed by atoms with Gasteiger partial charge in [0.25, 0.3) is 0 Å². The number of ether oxygens (including phenoxy) is 1. The number of nitrogens with zero attached hydrogens (tertiary/aromatic N) is 1. The van der Waals surface area contributed by atoms with Crippen molar-refractivity contribution in [1.29, 1.82) is 0 Å². The number of isothiocyanates is 1. The van der Waals surface area contributed by atoms with Gasteiger partial charge in [0.1, 0.15) is 5.60 Å². The minimum atomic E-state index is -0.503. The van der Waals surface area contributed by atoms with Gasteiger partial charge in [0, 0.05) is 0 Å². The molecule has 0 fully saturated rings. The van der Waals surface area contributed by atoms with Crippen LogP contribution in [-0.4, -0.2) is 22.8 Å². The van der Waals surface area contributed by atoms with Crippen LogP contribution in [0.25, 0.3) is 0 Å². The van der Waals surface area contributed by atoms with Gasteiger partial charge < -0.3 is 4.74 Å². The van der Waals surface area contributed by atoms with E-state index in [-0.39, 0.29) is 5.97 Å². The SMILES string of the molecule is CC[C@H](N=C=S)C(=O)OC(C)(C)C. The molecular formula is C9H15NO2S. The van der Waals surface area contributed by atoms with Gasteiger partial charge in [-0.25, -0.2) is 9.79 Å². The fourth-order valence-electron chi connectivity index (χ4n) is 0.744. The van der Waals surface area contributed by atoms with Crippen molar-refractivity contribution in [3.8, 4) is 0 Å². The normalized spacial score (nSPS) is 12.9. The van der Waals surface area contributed by atoms with Crippen molar-refractivity contribution in [3.63, 3.8) is 0 Å². The minimum absolute atomic E-state index is 0.340. The molecule has 0 aromatic carbocycles. The average molecular weight is 201 g/mol. The van der Waals surface area contributed by atoms with Gasteiger partial charge in [-0.05, 0) is 39.4 Å². The highest BCUT2D eigenvalue weighted by Gasteiger charge is 2.22. The molecule has 0 radical (unpaired) electrons. The van der Waals surface area contributed by atoms with E-state index in [1.54, 1.807) is 0 Å². The maximum Gasteiger partial charge on any atom is 0.332 e. The third-order valence-corrected chi connectivity index (χ3v) is 1.38. The quantitative estimate of drug-likeness (QED) is 0.399. The zero-order valence-corrected chi connectivity index (χ0v) is 9.27. The molecule has 0 aliphatic rings. The second-order valence-electron chi connectivity index (χ2n) is 3.68. The minimum Gasteiger partial charge on any atom is -0.458 e. The molecule has 0 heterocycles. The van der Waals surface area contributed by atoms with E-state index in [0.29, 0.717) is 6.42 Å². The largest absolute Gasteiger partial charge is 0.458 e. The van der Waals surface area contributed by atoms with Crippen LogP contribution in [0.5, 0.6) is 0 Å². The molecule has 0 aliphatic heterocycles. The molecule has 4 heteroatoms. The summed E-state index contributed by atoms with van der Waals surface area (Å²) in [5, 5.41) is 2.19. The molecule has 1 atom stereocenters. The van der Waals surface area contributed by atoms with Crippen LogP contribution >= 0.6 is 12.2 Å². The summed E-state index contributed by atoms with van der Waals surface area (Å²) >= 11 is 4.43. The lowest BCUT2D eigenvalue weighted by molar-refractivity contribution is -0.156. The van der Waals surface area contributed by atoms with Crippen LogP contribution in [0, 0.1) is 0 Å². The van der Waals surface area contributed by atoms with E-state index in [1.165, 1.54) is 0 Å².